The summed E-state index contributed by atoms with van der Waals surface area (Å²) in [6.07, 6.45) is 1.39. The van der Waals surface area contributed by atoms with Crippen molar-refractivity contribution in [2.75, 3.05) is 6.61 Å². The molecule has 118 valence electrons. The van der Waals surface area contributed by atoms with Crippen LogP contribution in [0.3, 0.4) is 0 Å². The molecule has 1 fully saturated rings. The van der Waals surface area contributed by atoms with Gasteiger partial charge in [-0.25, -0.2) is 4.89 Å². The van der Waals surface area contributed by atoms with E-state index >= 15 is 0 Å². The van der Waals surface area contributed by atoms with Crippen molar-refractivity contribution in [2.45, 2.75) is 78.1 Å². The van der Waals surface area contributed by atoms with Gasteiger partial charge in [0.05, 0.1) is 17.6 Å². The number of rotatable bonds is 8. The van der Waals surface area contributed by atoms with E-state index in [9.17, 15) is 4.79 Å². The second-order valence-electron chi connectivity index (χ2n) is 6.79. The van der Waals surface area contributed by atoms with Gasteiger partial charge in [0.2, 0.25) is 8.32 Å². The van der Waals surface area contributed by atoms with Crippen molar-refractivity contribution in [2.24, 2.45) is 5.41 Å². The summed E-state index contributed by atoms with van der Waals surface area (Å²) >= 11 is 0. The maximum absolute atomic E-state index is 11.8. The van der Waals surface area contributed by atoms with Crippen LogP contribution in [0.4, 0.5) is 0 Å². The van der Waals surface area contributed by atoms with Crippen LogP contribution >= 0.6 is 0 Å². The van der Waals surface area contributed by atoms with Crippen LogP contribution in [0.5, 0.6) is 0 Å². The van der Waals surface area contributed by atoms with E-state index in [1.54, 1.807) is 0 Å². The highest BCUT2D eigenvalue weighted by Crippen LogP contribution is 2.39. The molecule has 1 atom stereocenters. The standard InChI is InChI=1S/C15H30O4Si/c1-7-20(8-2,9-3)19-18-14(4,5)12-15(6)10-11-17-13(15)16/h7-12H2,1-6H3/t15-/m1/s1. The van der Waals surface area contributed by atoms with E-state index in [4.69, 9.17) is 14.2 Å². The van der Waals surface area contributed by atoms with Crippen LogP contribution in [-0.4, -0.2) is 26.5 Å². The lowest BCUT2D eigenvalue weighted by Gasteiger charge is -2.35. The Hall–Kier alpha value is -0.393. The molecular weight excluding hydrogens is 272 g/mol. The maximum Gasteiger partial charge on any atom is 0.312 e. The molecule has 0 radical (unpaired) electrons. The van der Waals surface area contributed by atoms with Crippen LogP contribution < -0.4 is 0 Å². The summed E-state index contributed by atoms with van der Waals surface area (Å²) in [4.78, 5) is 17.6. The lowest BCUT2D eigenvalue weighted by molar-refractivity contribution is -0.298. The minimum Gasteiger partial charge on any atom is -0.465 e. The van der Waals surface area contributed by atoms with E-state index in [1.165, 1.54) is 0 Å². The molecule has 5 heteroatoms. The first kappa shape index (κ1) is 17.7. The summed E-state index contributed by atoms with van der Waals surface area (Å²) in [7, 11) is -1.76. The van der Waals surface area contributed by atoms with E-state index < -0.39 is 19.3 Å². The Morgan fingerprint density at radius 2 is 1.80 bits per heavy atom. The quantitative estimate of drug-likeness (QED) is 0.293. The predicted octanol–water partition coefficient (Wildman–Crippen LogP) is 4.06. The highest BCUT2D eigenvalue weighted by molar-refractivity contribution is 6.73. The molecule has 0 spiro atoms. The molecule has 0 aromatic rings. The second kappa shape index (κ2) is 6.58. The van der Waals surface area contributed by atoms with Crippen molar-refractivity contribution in [3.05, 3.63) is 0 Å². The molecule has 1 aliphatic heterocycles. The fraction of sp³-hybridized carbons (Fsp3) is 0.933. The molecule has 1 rings (SSSR count). The van der Waals surface area contributed by atoms with Crippen molar-refractivity contribution in [3.8, 4) is 0 Å². The Kier molecular flexibility index (Phi) is 5.81. The van der Waals surface area contributed by atoms with Gasteiger partial charge in [-0.15, -0.1) is 0 Å². The van der Waals surface area contributed by atoms with Crippen LogP contribution in [0.25, 0.3) is 0 Å². The first-order valence-corrected chi connectivity index (χ1v) is 10.3. The lowest BCUT2D eigenvalue weighted by Crippen LogP contribution is -2.42. The number of carbonyl (C=O) groups excluding carboxylic acids is 1. The summed E-state index contributed by atoms with van der Waals surface area (Å²) in [5.74, 6) is -0.112. The first-order chi connectivity index (χ1) is 9.22. The van der Waals surface area contributed by atoms with E-state index in [0.717, 1.165) is 24.6 Å². The molecule has 20 heavy (non-hydrogen) atoms. The third-order valence-electron chi connectivity index (χ3n) is 4.57. The predicted molar refractivity (Wildman–Crippen MR) is 81.7 cm³/mol. The fourth-order valence-electron chi connectivity index (χ4n) is 2.90. The molecule has 1 saturated heterocycles. The van der Waals surface area contributed by atoms with Gasteiger partial charge >= 0.3 is 5.97 Å². The molecule has 1 heterocycles. The van der Waals surface area contributed by atoms with Crippen LogP contribution in [0.2, 0.25) is 18.1 Å². The minimum atomic E-state index is -1.76. The van der Waals surface area contributed by atoms with E-state index in [2.05, 4.69) is 20.8 Å². The average molecular weight is 302 g/mol. The van der Waals surface area contributed by atoms with Gasteiger partial charge in [0.15, 0.2) is 0 Å². The molecule has 0 bridgehead atoms. The number of ether oxygens (including phenoxy) is 1. The molecule has 0 saturated carbocycles. The molecule has 0 N–H and O–H groups in total. The summed E-state index contributed by atoms with van der Waals surface area (Å²) in [5.41, 5.74) is -0.919. The molecule has 0 aromatic carbocycles. The monoisotopic (exact) mass is 302 g/mol. The SMILES string of the molecule is CC[Si](CC)(CC)OOC(C)(C)C[C@@]1(C)CCOC1=O. The third-order valence-corrected chi connectivity index (χ3v) is 8.88. The summed E-state index contributed by atoms with van der Waals surface area (Å²) in [5, 5.41) is 0. The molecule has 0 amide bonds. The second-order valence-corrected chi connectivity index (χ2v) is 11.4. The van der Waals surface area contributed by atoms with Gasteiger partial charge in [-0.3, -0.25) is 9.37 Å². The normalized spacial score (nSPS) is 24.0. The van der Waals surface area contributed by atoms with Crippen molar-refractivity contribution >= 4 is 14.3 Å². The van der Waals surface area contributed by atoms with Crippen LogP contribution in [0.1, 0.15) is 54.4 Å². The highest BCUT2D eigenvalue weighted by Gasteiger charge is 2.45. The van der Waals surface area contributed by atoms with Gasteiger partial charge in [0.1, 0.15) is 0 Å². The number of esters is 1. The maximum atomic E-state index is 11.8. The van der Waals surface area contributed by atoms with Gasteiger partial charge in [-0.05, 0) is 51.7 Å². The van der Waals surface area contributed by atoms with E-state index in [0.29, 0.717) is 13.0 Å². The third kappa shape index (κ3) is 4.05. The summed E-state index contributed by atoms with van der Waals surface area (Å²) < 4.78 is 11.0. The van der Waals surface area contributed by atoms with Crippen molar-refractivity contribution in [1.82, 2.24) is 0 Å². The van der Waals surface area contributed by atoms with Gasteiger partial charge < -0.3 is 4.74 Å². The van der Waals surface area contributed by atoms with Gasteiger partial charge in [-0.1, -0.05) is 20.8 Å². The minimum absolute atomic E-state index is 0.112. The Bertz CT molecular complexity index is 331. The first-order valence-electron chi connectivity index (χ1n) is 7.76. The topological polar surface area (TPSA) is 44.8 Å². The van der Waals surface area contributed by atoms with Gasteiger partial charge in [0.25, 0.3) is 0 Å². The molecule has 0 aromatic heterocycles. The Morgan fingerprint density at radius 3 is 2.20 bits per heavy atom. The van der Waals surface area contributed by atoms with Crippen molar-refractivity contribution in [1.29, 1.82) is 0 Å². The number of hydrogen-bond donors (Lipinski definition) is 0. The van der Waals surface area contributed by atoms with Crippen molar-refractivity contribution in [3.63, 3.8) is 0 Å². The Morgan fingerprint density at radius 1 is 1.25 bits per heavy atom. The fourth-order valence-corrected chi connectivity index (χ4v) is 5.16. The zero-order valence-corrected chi connectivity index (χ0v) is 14.9. The number of cyclic esters (lactones) is 1. The zero-order valence-electron chi connectivity index (χ0n) is 13.9. The van der Waals surface area contributed by atoms with E-state index in [1.807, 2.05) is 20.8 Å². The van der Waals surface area contributed by atoms with Crippen LogP contribution in [0, 0.1) is 5.41 Å². The number of hydrogen-bond acceptors (Lipinski definition) is 4. The molecule has 0 aliphatic carbocycles. The van der Waals surface area contributed by atoms with Gasteiger partial charge in [0, 0.05) is 0 Å². The smallest absolute Gasteiger partial charge is 0.312 e. The highest BCUT2D eigenvalue weighted by atomic mass is 28.4. The molecule has 4 nitrogen and oxygen atoms in total. The van der Waals surface area contributed by atoms with Crippen LogP contribution in [0.15, 0.2) is 0 Å². The van der Waals surface area contributed by atoms with Gasteiger partial charge in [-0.2, -0.15) is 0 Å². The lowest BCUT2D eigenvalue weighted by atomic mass is 9.79. The summed E-state index contributed by atoms with van der Waals surface area (Å²) in [6.45, 7) is 13.0. The zero-order chi connectivity index (χ0) is 15.4. The molecule has 1 aliphatic rings. The van der Waals surface area contributed by atoms with Crippen LogP contribution in [-0.2, 0) is 19.0 Å². The Balaban J connectivity index is 2.63. The average Bonchev–Trinajstić information content (AvgIpc) is 2.71. The number of carbonyl (C=O) groups is 1. The van der Waals surface area contributed by atoms with E-state index in [-0.39, 0.29) is 5.97 Å². The Labute approximate surface area is 124 Å². The molecular formula is C15H30O4Si. The largest absolute Gasteiger partial charge is 0.465 e. The summed E-state index contributed by atoms with van der Waals surface area (Å²) in [6, 6.07) is 3.15. The molecule has 0 unspecified atom stereocenters. The van der Waals surface area contributed by atoms with Crippen molar-refractivity contribution < 1.29 is 19.0 Å².